The number of allylic oxidation sites excluding steroid dienone is 6. The van der Waals surface area contributed by atoms with E-state index in [1.54, 1.807) is 18.3 Å². The number of imidazole rings is 1. The van der Waals surface area contributed by atoms with E-state index in [1.807, 2.05) is 28.8 Å². The second-order valence-corrected chi connectivity index (χ2v) is 7.68. The van der Waals surface area contributed by atoms with E-state index in [0.29, 0.717) is 17.8 Å². The Kier molecular flexibility index (Phi) is 5.35. The van der Waals surface area contributed by atoms with Gasteiger partial charge in [-0.1, -0.05) is 19.1 Å². The van der Waals surface area contributed by atoms with Gasteiger partial charge < -0.3 is 0 Å². The predicted octanol–water partition coefficient (Wildman–Crippen LogP) is 4.26. The standard InChI is InChI=1S/C21H20FN5OS/c1-3-14-10-12-27-18(13-14)25-19(15-5-4-6-16(22)8-7-15)20(27)17-9-11-23-21(24-17)26-29(2)28/h5-13H,3-4H2,1-2H3,(H,23,24,26). The second-order valence-electron chi connectivity index (χ2n) is 6.56. The van der Waals surface area contributed by atoms with Crippen molar-refractivity contribution in [3.8, 4) is 11.4 Å². The summed E-state index contributed by atoms with van der Waals surface area (Å²) in [5.74, 6) is 0.00120. The first-order chi connectivity index (χ1) is 14.0. The van der Waals surface area contributed by atoms with Crippen molar-refractivity contribution in [1.82, 2.24) is 19.4 Å². The van der Waals surface area contributed by atoms with Crippen molar-refractivity contribution in [2.24, 2.45) is 0 Å². The summed E-state index contributed by atoms with van der Waals surface area (Å²) in [5.41, 5.74) is 4.89. The van der Waals surface area contributed by atoms with Crippen molar-refractivity contribution >= 4 is 28.2 Å². The lowest BCUT2D eigenvalue weighted by Crippen LogP contribution is -2.06. The fourth-order valence-electron chi connectivity index (χ4n) is 3.20. The molecule has 3 aromatic heterocycles. The van der Waals surface area contributed by atoms with Crippen LogP contribution in [-0.4, -0.2) is 29.8 Å². The first-order valence-electron chi connectivity index (χ1n) is 9.24. The molecule has 1 atom stereocenters. The highest BCUT2D eigenvalue weighted by Crippen LogP contribution is 2.31. The zero-order valence-electron chi connectivity index (χ0n) is 16.1. The number of halogens is 1. The Hall–Kier alpha value is -3.13. The van der Waals surface area contributed by atoms with Crippen LogP contribution in [0.3, 0.4) is 0 Å². The zero-order valence-corrected chi connectivity index (χ0v) is 16.9. The first kappa shape index (κ1) is 19.2. The zero-order chi connectivity index (χ0) is 20.4. The minimum absolute atomic E-state index is 0.270. The maximum Gasteiger partial charge on any atom is 0.235 e. The lowest BCUT2D eigenvalue weighted by Gasteiger charge is -2.08. The molecule has 0 aliphatic heterocycles. The van der Waals surface area contributed by atoms with Crippen LogP contribution >= 0.6 is 0 Å². The molecular formula is C21H20FN5OS. The molecule has 1 aliphatic carbocycles. The summed E-state index contributed by atoms with van der Waals surface area (Å²) in [6.45, 7) is 2.09. The molecule has 1 unspecified atom stereocenters. The summed E-state index contributed by atoms with van der Waals surface area (Å²) in [4.78, 5) is 13.5. The van der Waals surface area contributed by atoms with Crippen LogP contribution in [0.5, 0.6) is 0 Å². The van der Waals surface area contributed by atoms with Gasteiger partial charge in [-0.3, -0.25) is 9.12 Å². The first-order valence-corrected chi connectivity index (χ1v) is 10.8. The van der Waals surface area contributed by atoms with E-state index in [4.69, 9.17) is 4.98 Å². The van der Waals surface area contributed by atoms with Gasteiger partial charge in [0, 0.05) is 18.6 Å². The van der Waals surface area contributed by atoms with Crippen molar-refractivity contribution < 1.29 is 8.60 Å². The van der Waals surface area contributed by atoms with Crippen molar-refractivity contribution in [1.29, 1.82) is 0 Å². The molecule has 1 aliphatic rings. The molecule has 6 nitrogen and oxygen atoms in total. The Morgan fingerprint density at radius 3 is 2.90 bits per heavy atom. The van der Waals surface area contributed by atoms with Crippen molar-refractivity contribution in [2.45, 2.75) is 19.8 Å². The number of hydrogen-bond acceptors (Lipinski definition) is 4. The molecule has 0 bridgehead atoms. The number of hydrogen-bond donors (Lipinski definition) is 1. The minimum Gasteiger partial charge on any atom is -0.298 e. The third-order valence-corrected chi connectivity index (χ3v) is 5.05. The Balaban J connectivity index is 1.93. The summed E-state index contributed by atoms with van der Waals surface area (Å²) in [7, 11) is -1.29. The van der Waals surface area contributed by atoms with Crippen LogP contribution in [0.4, 0.5) is 10.3 Å². The van der Waals surface area contributed by atoms with Gasteiger partial charge in [0.2, 0.25) is 5.95 Å². The molecule has 148 valence electrons. The molecule has 0 saturated carbocycles. The number of nitrogens with one attached hydrogen (secondary N) is 1. The van der Waals surface area contributed by atoms with Crippen LogP contribution in [0.2, 0.25) is 0 Å². The molecule has 3 aromatic rings. The average Bonchev–Trinajstić information content (AvgIpc) is 2.94. The van der Waals surface area contributed by atoms with Crippen LogP contribution in [0.1, 0.15) is 24.6 Å². The quantitative estimate of drug-likeness (QED) is 0.684. The lowest BCUT2D eigenvalue weighted by molar-refractivity contribution is 0.663. The third kappa shape index (κ3) is 4.02. The van der Waals surface area contributed by atoms with E-state index in [2.05, 4.69) is 21.6 Å². The summed E-state index contributed by atoms with van der Waals surface area (Å²) in [6.07, 6.45) is 13.1. The van der Waals surface area contributed by atoms with Crippen molar-refractivity contribution in [2.75, 3.05) is 11.0 Å². The Labute approximate surface area is 170 Å². The Morgan fingerprint density at radius 2 is 2.10 bits per heavy atom. The number of aryl methyl sites for hydroxylation is 1. The van der Waals surface area contributed by atoms with Crippen LogP contribution in [0, 0.1) is 0 Å². The van der Waals surface area contributed by atoms with E-state index < -0.39 is 11.0 Å². The van der Waals surface area contributed by atoms with Gasteiger partial charge in [-0.15, -0.1) is 0 Å². The van der Waals surface area contributed by atoms with Gasteiger partial charge in [0.05, 0.1) is 17.1 Å². The number of nitrogens with zero attached hydrogens (tertiary/aromatic N) is 4. The monoisotopic (exact) mass is 409 g/mol. The number of anilines is 1. The smallest absolute Gasteiger partial charge is 0.235 e. The van der Waals surface area contributed by atoms with Gasteiger partial charge in [0.1, 0.15) is 22.5 Å². The van der Waals surface area contributed by atoms with Gasteiger partial charge in [-0.2, -0.15) is 0 Å². The molecule has 0 aromatic carbocycles. The summed E-state index contributed by atoms with van der Waals surface area (Å²) in [5, 5.41) is 0. The molecule has 4 rings (SSSR count). The van der Waals surface area contributed by atoms with Gasteiger partial charge >= 0.3 is 0 Å². The van der Waals surface area contributed by atoms with Gasteiger partial charge in [0.15, 0.2) is 0 Å². The number of fused-ring (bicyclic) bond motifs is 1. The van der Waals surface area contributed by atoms with Crippen molar-refractivity contribution in [3.63, 3.8) is 0 Å². The summed E-state index contributed by atoms with van der Waals surface area (Å²) < 4.78 is 29.9. The molecule has 0 fully saturated rings. The molecular weight excluding hydrogens is 389 g/mol. The normalized spacial score (nSPS) is 15.0. The Bertz CT molecular complexity index is 1190. The van der Waals surface area contributed by atoms with Gasteiger partial charge in [-0.25, -0.2) is 23.6 Å². The van der Waals surface area contributed by atoms with Crippen molar-refractivity contribution in [3.05, 3.63) is 72.0 Å². The maximum absolute atomic E-state index is 13.7. The Morgan fingerprint density at radius 1 is 1.24 bits per heavy atom. The topological polar surface area (TPSA) is 72.2 Å². The highest BCUT2D eigenvalue weighted by molar-refractivity contribution is 7.85. The molecule has 0 amide bonds. The predicted molar refractivity (Wildman–Crippen MR) is 114 cm³/mol. The molecule has 1 N–H and O–H groups in total. The maximum atomic E-state index is 13.7. The molecule has 0 saturated heterocycles. The fraction of sp³-hybridized carbons (Fsp3) is 0.190. The molecule has 29 heavy (non-hydrogen) atoms. The molecule has 0 spiro atoms. The van der Waals surface area contributed by atoms with Crippen LogP contribution in [0.15, 0.2) is 60.7 Å². The van der Waals surface area contributed by atoms with Gasteiger partial charge in [-0.05, 0) is 54.3 Å². The SMILES string of the molecule is CCc1ccn2c(-c3ccnc(NS(C)=O)n3)c(C3=CCC=C(F)C=C3)nc2c1. The summed E-state index contributed by atoms with van der Waals surface area (Å²) >= 11 is 0. The van der Waals surface area contributed by atoms with Crippen LogP contribution < -0.4 is 4.72 Å². The lowest BCUT2D eigenvalue weighted by atomic mass is 10.1. The van der Waals surface area contributed by atoms with Crippen LogP contribution in [0.25, 0.3) is 22.6 Å². The highest BCUT2D eigenvalue weighted by atomic mass is 32.2. The molecule has 0 radical (unpaired) electrons. The molecule has 8 heteroatoms. The van der Waals surface area contributed by atoms with E-state index in [0.717, 1.165) is 23.3 Å². The summed E-state index contributed by atoms with van der Waals surface area (Å²) in [6, 6.07) is 5.86. The van der Waals surface area contributed by atoms with E-state index >= 15 is 0 Å². The van der Waals surface area contributed by atoms with Gasteiger partial charge in [0.25, 0.3) is 0 Å². The second kappa shape index (κ2) is 8.08. The number of pyridine rings is 1. The minimum atomic E-state index is -1.29. The average molecular weight is 409 g/mol. The molecule has 3 heterocycles. The third-order valence-electron chi connectivity index (χ3n) is 4.58. The highest BCUT2D eigenvalue weighted by Gasteiger charge is 2.19. The largest absolute Gasteiger partial charge is 0.298 e. The van der Waals surface area contributed by atoms with Crippen LogP contribution in [-0.2, 0) is 17.4 Å². The van der Waals surface area contributed by atoms with E-state index in [1.165, 1.54) is 24.0 Å². The number of rotatable bonds is 5. The van der Waals surface area contributed by atoms with E-state index in [9.17, 15) is 8.60 Å². The number of aromatic nitrogens is 4. The fourth-order valence-corrected chi connectivity index (χ4v) is 3.56. The van der Waals surface area contributed by atoms with E-state index in [-0.39, 0.29) is 11.8 Å².